The predicted octanol–water partition coefficient (Wildman–Crippen LogP) is 2.79. The Morgan fingerprint density at radius 2 is 1.90 bits per heavy atom. The van der Waals surface area contributed by atoms with E-state index in [0.29, 0.717) is 11.3 Å². The average molecular weight is 269 g/mol. The third-order valence-corrected chi connectivity index (χ3v) is 3.19. The molecule has 0 aromatic heterocycles. The molecule has 0 aliphatic heterocycles. The van der Waals surface area contributed by atoms with Crippen molar-refractivity contribution in [3.05, 3.63) is 54.1 Å². The van der Waals surface area contributed by atoms with Crippen LogP contribution in [0.1, 0.15) is 17.3 Å². The zero-order valence-corrected chi connectivity index (χ0v) is 11.8. The number of hydrogen-bond acceptors (Lipinski definition) is 3. The van der Waals surface area contributed by atoms with Gasteiger partial charge in [-0.3, -0.25) is 4.79 Å². The third kappa shape index (κ3) is 2.74. The standard InChI is InChI=1S/C16H19N3O/c1-3-19(13-7-5-4-6-8-13)15-11-12(16(20)18-2)9-10-14(15)17/h4-11H,3,17H2,1-2H3,(H,18,20). The van der Waals surface area contributed by atoms with Crippen molar-refractivity contribution in [3.63, 3.8) is 0 Å². The van der Waals surface area contributed by atoms with Gasteiger partial charge in [-0.1, -0.05) is 18.2 Å². The first kappa shape index (κ1) is 13.9. The monoisotopic (exact) mass is 269 g/mol. The Morgan fingerprint density at radius 1 is 1.20 bits per heavy atom. The Kier molecular flexibility index (Phi) is 4.25. The summed E-state index contributed by atoms with van der Waals surface area (Å²) in [5.74, 6) is -0.115. The summed E-state index contributed by atoms with van der Waals surface area (Å²) in [5.41, 5.74) is 9.23. The Balaban J connectivity index is 2.46. The maximum atomic E-state index is 11.8. The van der Waals surface area contributed by atoms with Crippen molar-refractivity contribution in [3.8, 4) is 0 Å². The van der Waals surface area contributed by atoms with Crippen LogP contribution in [0.25, 0.3) is 0 Å². The van der Waals surface area contributed by atoms with Crippen LogP contribution in [-0.4, -0.2) is 19.5 Å². The lowest BCUT2D eigenvalue weighted by atomic mass is 10.1. The Hall–Kier alpha value is -2.49. The van der Waals surface area contributed by atoms with E-state index in [2.05, 4.69) is 17.1 Å². The highest BCUT2D eigenvalue weighted by atomic mass is 16.1. The van der Waals surface area contributed by atoms with Gasteiger partial charge in [0.15, 0.2) is 0 Å². The normalized spacial score (nSPS) is 10.1. The molecule has 0 unspecified atom stereocenters. The van der Waals surface area contributed by atoms with Crippen LogP contribution in [0.4, 0.5) is 17.1 Å². The van der Waals surface area contributed by atoms with Gasteiger partial charge in [0.05, 0.1) is 11.4 Å². The van der Waals surface area contributed by atoms with Gasteiger partial charge >= 0.3 is 0 Å². The lowest BCUT2D eigenvalue weighted by molar-refractivity contribution is 0.0963. The van der Waals surface area contributed by atoms with E-state index in [1.807, 2.05) is 36.4 Å². The molecule has 0 bridgehead atoms. The molecule has 20 heavy (non-hydrogen) atoms. The number of nitrogen functional groups attached to an aromatic ring is 1. The Bertz CT molecular complexity index is 596. The first-order valence-corrected chi connectivity index (χ1v) is 6.61. The van der Waals surface area contributed by atoms with Crippen LogP contribution in [0.2, 0.25) is 0 Å². The van der Waals surface area contributed by atoms with Crippen LogP contribution in [0.3, 0.4) is 0 Å². The first-order valence-electron chi connectivity index (χ1n) is 6.61. The van der Waals surface area contributed by atoms with E-state index in [0.717, 1.165) is 17.9 Å². The van der Waals surface area contributed by atoms with Crippen LogP contribution in [-0.2, 0) is 0 Å². The van der Waals surface area contributed by atoms with Gasteiger partial charge in [-0.15, -0.1) is 0 Å². The number of nitrogens with one attached hydrogen (secondary N) is 1. The number of rotatable bonds is 4. The molecule has 4 heteroatoms. The Morgan fingerprint density at radius 3 is 2.50 bits per heavy atom. The van der Waals surface area contributed by atoms with E-state index in [9.17, 15) is 4.79 Å². The maximum absolute atomic E-state index is 11.8. The highest BCUT2D eigenvalue weighted by molar-refractivity contribution is 5.96. The SMILES string of the molecule is CCN(c1ccccc1)c1cc(C(=O)NC)ccc1N. The van der Waals surface area contributed by atoms with Gasteiger partial charge in [-0.25, -0.2) is 0 Å². The highest BCUT2D eigenvalue weighted by Crippen LogP contribution is 2.30. The lowest BCUT2D eigenvalue weighted by Crippen LogP contribution is -2.21. The number of carbonyl (C=O) groups excluding carboxylic acids is 1. The fraction of sp³-hybridized carbons (Fsp3) is 0.188. The molecule has 0 radical (unpaired) electrons. The molecule has 0 fully saturated rings. The van der Waals surface area contributed by atoms with Gasteiger partial charge in [0.1, 0.15) is 0 Å². The minimum absolute atomic E-state index is 0.115. The van der Waals surface area contributed by atoms with Gasteiger partial charge < -0.3 is 16.0 Å². The fourth-order valence-electron chi connectivity index (χ4n) is 2.16. The van der Waals surface area contributed by atoms with Crippen LogP contribution < -0.4 is 16.0 Å². The molecule has 2 aromatic rings. The van der Waals surface area contributed by atoms with Crippen LogP contribution in [0.15, 0.2) is 48.5 Å². The molecule has 0 saturated carbocycles. The number of amides is 1. The summed E-state index contributed by atoms with van der Waals surface area (Å²) in [6.07, 6.45) is 0. The number of para-hydroxylation sites is 1. The van der Waals surface area contributed by atoms with Gasteiger partial charge in [0, 0.05) is 24.8 Å². The number of anilines is 3. The quantitative estimate of drug-likeness (QED) is 0.839. The molecule has 0 atom stereocenters. The largest absolute Gasteiger partial charge is 0.397 e. The minimum atomic E-state index is -0.115. The molecule has 2 rings (SSSR count). The molecule has 3 N–H and O–H groups in total. The second-order valence-electron chi connectivity index (χ2n) is 4.43. The molecular weight excluding hydrogens is 250 g/mol. The van der Waals surface area contributed by atoms with Crippen molar-refractivity contribution in [2.75, 3.05) is 24.2 Å². The average Bonchev–Trinajstić information content (AvgIpc) is 2.50. The van der Waals surface area contributed by atoms with Crippen molar-refractivity contribution < 1.29 is 4.79 Å². The summed E-state index contributed by atoms with van der Waals surface area (Å²) < 4.78 is 0. The van der Waals surface area contributed by atoms with Gasteiger partial charge in [-0.05, 0) is 37.3 Å². The van der Waals surface area contributed by atoms with Crippen LogP contribution in [0, 0.1) is 0 Å². The summed E-state index contributed by atoms with van der Waals surface area (Å²) in [6, 6.07) is 15.3. The number of benzene rings is 2. The topological polar surface area (TPSA) is 58.4 Å². The number of carbonyl (C=O) groups is 1. The molecule has 0 aliphatic rings. The first-order chi connectivity index (χ1) is 9.67. The predicted molar refractivity (Wildman–Crippen MR) is 83.4 cm³/mol. The van der Waals surface area contributed by atoms with Gasteiger partial charge in [0.25, 0.3) is 5.91 Å². The molecule has 4 nitrogen and oxygen atoms in total. The van der Waals surface area contributed by atoms with E-state index in [-0.39, 0.29) is 5.91 Å². The summed E-state index contributed by atoms with van der Waals surface area (Å²) in [6.45, 7) is 2.82. The second-order valence-corrected chi connectivity index (χ2v) is 4.43. The fourth-order valence-corrected chi connectivity index (χ4v) is 2.16. The Labute approximate surface area is 119 Å². The minimum Gasteiger partial charge on any atom is -0.397 e. The van der Waals surface area contributed by atoms with E-state index in [1.165, 1.54) is 0 Å². The number of nitrogens with zero attached hydrogens (tertiary/aromatic N) is 1. The third-order valence-electron chi connectivity index (χ3n) is 3.19. The van der Waals surface area contributed by atoms with Crippen molar-refractivity contribution >= 4 is 23.0 Å². The van der Waals surface area contributed by atoms with Crippen molar-refractivity contribution in [2.45, 2.75) is 6.92 Å². The molecule has 1 amide bonds. The van der Waals surface area contributed by atoms with Crippen molar-refractivity contribution in [1.29, 1.82) is 0 Å². The summed E-state index contributed by atoms with van der Waals surface area (Å²) >= 11 is 0. The van der Waals surface area contributed by atoms with E-state index < -0.39 is 0 Å². The van der Waals surface area contributed by atoms with Gasteiger partial charge in [-0.2, -0.15) is 0 Å². The van der Waals surface area contributed by atoms with Crippen LogP contribution in [0.5, 0.6) is 0 Å². The zero-order valence-electron chi connectivity index (χ0n) is 11.8. The number of nitrogens with two attached hydrogens (primary N) is 1. The zero-order chi connectivity index (χ0) is 14.5. The van der Waals surface area contributed by atoms with Gasteiger partial charge in [0.2, 0.25) is 0 Å². The summed E-state index contributed by atoms with van der Waals surface area (Å²) in [4.78, 5) is 13.8. The molecule has 104 valence electrons. The second kappa shape index (κ2) is 6.10. The lowest BCUT2D eigenvalue weighted by Gasteiger charge is -2.25. The van der Waals surface area contributed by atoms with Crippen LogP contribution >= 0.6 is 0 Å². The van der Waals surface area contributed by atoms with Crippen molar-refractivity contribution in [1.82, 2.24) is 5.32 Å². The van der Waals surface area contributed by atoms with E-state index in [4.69, 9.17) is 5.73 Å². The van der Waals surface area contributed by atoms with E-state index in [1.54, 1.807) is 19.2 Å². The molecule has 0 aliphatic carbocycles. The van der Waals surface area contributed by atoms with E-state index >= 15 is 0 Å². The highest BCUT2D eigenvalue weighted by Gasteiger charge is 2.13. The molecular formula is C16H19N3O. The number of hydrogen-bond donors (Lipinski definition) is 2. The maximum Gasteiger partial charge on any atom is 0.251 e. The molecule has 0 spiro atoms. The molecule has 0 saturated heterocycles. The molecule has 0 heterocycles. The van der Waals surface area contributed by atoms with Crippen molar-refractivity contribution in [2.24, 2.45) is 0 Å². The molecule has 2 aromatic carbocycles. The summed E-state index contributed by atoms with van der Waals surface area (Å²) in [7, 11) is 1.62. The summed E-state index contributed by atoms with van der Waals surface area (Å²) in [5, 5.41) is 2.63. The smallest absolute Gasteiger partial charge is 0.251 e.